The second-order valence-electron chi connectivity index (χ2n) is 4.53. The van der Waals surface area contributed by atoms with E-state index in [0.717, 1.165) is 28.5 Å². The largest absolute Gasteiger partial charge is 0.381 e. The van der Waals surface area contributed by atoms with Gasteiger partial charge < -0.3 is 5.11 Å². The molecular weight excluding hydrogens is 264 g/mol. The van der Waals surface area contributed by atoms with Crippen LogP contribution in [0.4, 0.5) is 0 Å². The maximum absolute atomic E-state index is 10.7. The smallest absolute Gasteiger partial charge is 0.109 e. The van der Waals surface area contributed by atoms with Gasteiger partial charge in [-0.2, -0.15) is 0 Å². The molecule has 0 amide bonds. The fourth-order valence-corrected chi connectivity index (χ4v) is 2.98. The van der Waals surface area contributed by atoms with Crippen molar-refractivity contribution < 1.29 is 5.11 Å². The predicted octanol–water partition coefficient (Wildman–Crippen LogP) is 4.16. The number of benzene rings is 1. The molecule has 16 heavy (non-hydrogen) atoms. The number of aliphatic hydroxyl groups is 1. The van der Waals surface area contributed by atoms with E-state index in [1.165, 1.54) is 12.8 Å². The maximum Gasteiger partial charge on any atom is 0.109 e. The molecule has 1 aliphatic rings. The van der Waals surface area contributed by atoms with E-state index in [2.05, 4.69) is 22.0 Å². The van der Waals surface area contributed by atoms with Crippen molar-refractivity contribution in [2.45, 2.75) is 38.2 Å². The zero-order chi connectivity index (χ0) is 11.6. The predicted molar refractivity (Wildman–Crippen MR) is 70.3 cm³/mol. The Bertz CT molecular complexity index is 407. The van der Waals surface area contributed by atoms with Crippen molar-refractivity contribution in [3.8, 4) is 0 Å². The van der Waals surface area contributed by atoms with Gasteiger partial charge in [-0.1, -0.05) is 40.2 Å². The third-order valence-electron chi connectivity index (χ3n) is 3.31. The van der Waals surface area contributed by atoms with Gasteiger partial charge in [0.1, 0.15) is 5.60 Å². The molecule has 0 aromatic heterocycles. The lowest BCUT2D eigenvalue weighted by Crippen LogP contribution is -2.25. The monoisotopic (exact) mass is 280 g/mol. The highest BCUT2D eigenvalue weighted by Crippen LogP contribution is 2.38. The molecule has 2 heteroatoms. The summed E-state index contributed by atoms with van der Waals surface area (Å²) < 4.78 is 0.978. The zero-order valence-corrected chi connectivity index (χ0v) is 11.1. The van der Waals surface area contributed by atoms with E-state index >= 15 is 0 Å². The minimum Gasteiger partial charge on any atom is -0.381 e. The molecule has 1 nitrogen and oxygen atoms in total. The van der Waals surface area contributed by atoms with Crippen LogP contribution in [-0.2, 0) is 5.60 Å². The number of allylic oxidation sites excluding steroid dienone is 1. The summed E-state index contributed by atoms with van der Waals surface area (Å²) in [6.45, 7) is 1.89. The molecule has 1 aromatic rings. The summed E-state index contributed by atoms with van der Waals surface area (Å²) in [6.07, 6.45) is 6.73. The SMILES string of the molecule is CC(O)(C1=CCCCC1)c1ccccc1Br. The molecule has 1 aromatic carbocycles. The molecule has 0 saturated carbocycles. The summed E-state index contributed by atoms with van der Waals surface area (Å²) in [7, 11) is 0. The lowest BCUT2D eigenvalue weighted by molar-refractivity contribution is 0.0907. The van der Waals surface area contributed by atoms with E-state index in [0.29, 0.717) is 0 Å². The van der Waals surface area contributed by atoms with Crippen LogP contribution in [0.25, 0.3) is 0 Å². The fourth-order valence-electron chi connectivity index (χ4n) is 2.31. The summed E-state index contributed by atoms with van der Waals surface area (Å²) in [5.41, 5.74) is 1.29. The summed E-state index contributed by atoms with van der Waals surface area (Å²) in [5, 5.41) is 10.7. The highest BCUT2D eigenvalue weighted by molar-refractivity contribution is 9.10. The summed E-state index contributed by atoms with van der Waals surface area (Å²) >= 11 is 3.51. The van der Waals surface area contributed by atoms with Gasteiger partial charge in [0.15, 0.2) is 0 Å². The molecule has 1 atom stereocenters. The van der Waals surface area contributed by atoms with Crippen LogP contribution in [0.3, 0.4) is 0 Å². The molecule has 0 heterocycles. The van der Waals surface area contributed by atoms with Crippen LogP contribution < -0.4 is 0 Å². The van der Waals surface area contributed by atoms with Gasteiger partial charge in [0.25, 0.3) is 0 Å². The normalized spacial score (nSPS) is 20.1. The van der Waals surface area contributed by atoms with Gasteiger partial charge in [-0.3, -0.25) is 0 Å². The van der Waals surface area contributed by atoms with Crippen LogP contribution in [0.5, 0.6) is 0 Å². The molecule has 86 valence electrons. The minimum atomic E-state index is -0.833. The lowest BCUT2D eigenvalue weighted by atomic mass is 9.82. The van der Waals surface area contributed by atoms with Crippen molar-refractivity contribution >= 4 is 15.9 Å². The summed E-state index contributed by atoms with van der Waals surface area (Å²) in [6, 6.07) is 7.91. The second-order valence-corrected chi connectivity index (χ2v) is 5.38. The van der Waals surface area contributed by atoms with Crippen molar-refractivity contribution in [3.63, 3.8) is 0 Å². The Hall–Kier alpha value is -0.600. The maximum atomic E-state index is 10.7. The molecule has 1 unspecified atom stereocenters. The van der Waals surface area contributed by atoms with Crippen molar-refractivity contribution in [1.29, 1.82) is 0 Å². The third kappa shape index (κ3) is 2.23. The van der Waals surface area contributed by atoms with Gasteiger partial charge in [0, 0.05) is 10.0 Å². The van der Waals surface area contributed by atoms with E-state index < -0.39 is 5.60 Å². The molecule has 0 saturated heterocycles. The standard InChI is InChI=1S/C14H17BrO/c1-14(16,11-7-3-2-4-8-11)12-9-5-6-10-13(12)15/h5-7,9-10,16H,2-4,8H2,1H3. The van der Waals surface area contributed by atoms with Crippen LogP contribution in [0.1, 0.15) is 38.2 Å². The molecule has 0 fully saturated rings. The molecule has 1 aliphatic carbocycles. The number of hydrogen-bond acceptors (Lipinski definition) is 1. The first-order valence-corrected chi connectivity index (χ1v) is 6.58. The summed E-state index contributed by atoms with van der Waals surface area (Å²) in [5.74, 6) is 0. The van der Waals surface area contributed by atoms with E-state index in [-0.39, 0.29) is 0 Å². The first-order chi connectivity index (χ1) is 7.62. The first-order valence-electron chi connectivity index (χ1n) is 5.79. The van der Waals surface area contributed by atoms with Crippen LogP contribution >= 0.6 is 15.9 Å². The lowest BCUT2D eigenvalue weighted by Gasteiger charge is -2.30. The van der Waals surface area contributed by atoms with Crippen molar-refractivity contribution in [1.82, 2.24) is 0 Å². The number of rotatable bonds is 2. The van der Waals surface area contributed by atoms with Gasteiger partial charge in [0.2, 0.25) is 0 Å². The fraction of sp³-hybridized carbons (Fsp3) is 0.429. The third-order valence-corrected chi connectivity index (χ3v) is 4.01. The molecule has 1 N–H and O–H groups in total. The van der Waals surface area contributed by atoms with E-state index in [9.17, 15) is 5.11 Å². The quantitative estimate of drug-likeness (QED) is 0.807. The van der Waals surface area contributed by atoms with Gasteiger partial charge in [-0.25, -0.2) is 0 Å². The van der Waals surface area contributed by atoms with Crippen LogP contribution in [0.15, 0.2) is 40.4 Å². The Labute approximate surface area is 105 Å². The second kappa shape index (κ2) is 4.72. The number of hydrogen-bond donors (Lipinski definition) is 1. The molecular formula is C14H17BrO. The van der Waals surface area contributed by atoms with Gasteiger partial charge in [-0.15, -0.1) is 0 Å². The Balaban J connectivity index is 2.38. The van der Waals surface area contributed by atoms with Crippen LogP contribution in [0, 0.1) is 0 Å². The van der Waals surface area contributed by atoms with Crippen molar-refractivity contribution in [2.75, 3.05) is 0 Å². The highest BCUT2D eigenvalue weighted by atomic mass is 79.9. The van der Waals surface area contributed by atoms with Crippen molar-refractivity contribution in [2.24, 2.45) is 0 Å². The molecule has 0 bridgehead atoms. The van der Waals surface area contributed by atoms with E-state index in [1.54, 1.807) is 0 Å². The van der Waals surface area contributed by atoms with Gasteiger partial charge in [-0.05, 0) is 44.2 Å². The zero-order valence-electron chi connectivity index (χ0n) is 9.54. The van der Waals surface area contributed by atoms with Crippen LogP contribution in [-0.4, -0.2) is 5.11 Å². The van der Waals surface area contributed by atoms with Gasteiger partial charge >= 0.3 is 0 Å². The van der Waals surface area contributed by atoms with Crippen molar-refractivity contribution in [3.05, 3.63) is 46.0 Å². The summed E-state index contributed by atoms with van der Waals surface area (Å²) in [4.78, 5) is 0. The Morgan fingerprint density at radius 3 is 2.62 bits per heavy atom. The Morgan fingerprint density at radius 2 is 2.00 bits per heavy atom. The van der Waals surface area contributed by atoms with E-state index in [1.807, 2.05) is 31.2 Å². The molecule has 0 aliphatic heterocycles. The molecule has 0 radical (unpaired) electrons. The van der Waals surface area contributed by atoms with E-state index in [4.69, 9.17) is 0 Å². The average molecular weight is 281 g/mol. The van der Waals surface area contributed by atoms with Crippen LogP contribution in [0.2, 0.25) is 0 Å². The average Bonchev–Trinajstić information content (AvgIpc) is 2.30. The molecule has 2 rings (SSSR count). The minimum absolute atomic E-state index is 0.833. The molecule has 0 spiro atoms. The first kappa shape index (κ1) is 11.9. The highest BCUT2D eigenvalue weighted by Gasteiger charge is 2.30. The Kier molecular flexibility index (Phi) is 3.50. The number of halogens is 1. The Morgan fingerprint density at radius 1 is 1.25 bits per heavy atom. The topological polar surface area (TPSA) is 20.2 Å². The van der Waals surface area contributed by atoms with Gasteiger partial charge in [0.05, 0.1) is 0 Å².